The highest BCUT2D eigenvalue weighted by Gasteiger charge is 2.23. The van der Waals surface area contributed by atoms with Gasteiger partial charge in [0.05, 0.1) is 9.40 Å². The largest absolute Gasteiger partial charge is 0.480 e. The van der Waals surface area contributed by atoms with Gasteiger partial charge in [-0.05, 0) is 21.8 Å². The number of aliphatic carboxylic acids is 1. The molecule has 8 heteroatoms. The zero-order chi connectivity index (χ0) is 13.9. The van der Waals surface area contributed by atoms with Crippen LogP contribution in [0.25, 0.3) is 0 Å². The number of hydrogen-bond acceptors (Lipinski definition) is 5. The molecule has 0 amide bonds. The van der Waals surface area contributed by atoms with E-state index in [9.17, 15) is 14.9 Å². The van der Waals surface area contributed by atoms with E-state index in [1.165, 1.54) is 6.07 Å². The number of nitro groups is 1. The maximum Gasteiger partial charge on any atom is 0.326 e. The summed E-state index contributed by atoms with van der Waals surface area (Å²) in [5, 5.41) is 22.3. The average molecular weight is 318 g/mol. The van der Waals surface area contributed by atoms with E-state index in [-0.39, 0.29) is 17.4 Å². The molecule has 1 rings (SSSR count). The number of nitrogens with zero attached hydrogens (tertiary/aromatic N) is 2. The van der Waals surface area contributed by atoms with Gasteiger partial charge in [-0.15, -0.1) is 0 Å². The van der Waals surface area contributed by atoms with Crippen molar-refractivity contribution in [1.29, 1.82) is 0 Å². The van der Waals surface area contributed by atoms with Gasteiger partial charge in [-0.2, -0.15) is 0 Å². The van der Waals surface area contributed by atoms with Crippen molar-refractivity contribution in [2.45, 2.75) is 19.9 Å². The predicted molar refractivity (Wildman–Crippen MR) is 68.5 cm³/mol. The van der Waals surface area contributed by atoms with Crippen LogP contribution in [0.3, 0.4) is 0 Å². The number of halogens is 1. The third-order valence-electron chi connectivity index (χ3n) is 2.26. The van der Waals surface area contributed by atoms with E-state index >= 15 is 0 Å². The van der Waals surface area contributed by atoms with Crippen LogP contribution in [-0.2, 0) is 4.79 Å². The van der Waals surface area contributed by atoms with Crippen LogP contribution in [0, 0.1) is 16.0 Å². The molecule has 2 N–H and O–H groups in total. The molecule has 98 valence electrons. The van der Waals surface area contributed by atoms with E-state index in [0.717, 1.165) is 6.20 Å². The van der Waals surface area contributed by atoms with E-state index in [4.69, 9.17) is 5.11 Å². The van der Waals surface area contributed by atoms with Crippen molar-refractivity contribution in [2.75, 3.05) is 5.32 Å². The van der Waals surface area contributed by atoms with Crippen molar-refractivity contribution in [1.82, 2.24) is 4.98 Å². The van der Waals surface area contributed by atoms with Crippen LogP contribution in [0.5, 0.6) is 0 Å². The maximum atomic E-state index is 11.0. The summed E-state index contributed by atoms with van der Waals surface area (Å²) >= 11 is 3.12. The number of rotatable bonds is 5. The van der Waals surface area contributed by atoms with Crippen molar-refractivity contribution in [2.24, 2.45) is 5.92 Å². The first-order valence-corrected chi connectivity index (χ1v) is 5.91. The highest BCUT2D eigenvalue weighted by atomic mass is 79.9. The Hall–Kier alpha value is -1.70. The number of carboxylic acids is 1. The molecule has 0 aliphatic carbocycles. The van der Waals surface area contributed by atoms with Gasteiger partial charge >= 0.3 is 5.97 Å². The Kier molecular flexibility index (Phi) is 4.60. The van der Waals surface area contributed by atoms with Crippen LogP contribution in [0.15, 0.2) is 16.7 Å². The Morgan fingerprint density at radius 3 is 2.61 bits per heavy atom. The molecule has 0 bridgehead atoms. The smallest absolute Gasteiger partial charge is 0.326 e. The Bertz CT molecular complexity index is 478. The van der Waals surface area contributed by atoms with Crippen LogP contribution in [-0.4, -0.2) is 27.0 Å². The summed E-state index contributed by atoms with van der Waals surface area (Å²) < 4.78 is 0.351. The SMILES string of the molecule is CC(C)[C@@H](Nc1ncc([N+](=O)[O-])cc1Br)C(=O)O. The second-order valence-electron chi connectivity index (χ2n) is 3.99. The molecule has 1 aromatic rings. The van der Waals surface area contributed by atoms with E-state index in [1.807, 2.05) is 0 Å². The second kappa shape index (κ2) is 5.76. The molecule has 7 nitrogen and oxygen atoms in total. The van der Waals surface area contributed by atoms with Crippen molar-refractivity contribution in [3.63, 3.8) is 0 Å². The molecule has 1 heterocycles. The summed E-state index contributed by atoms with van der Waals surface area (Å²) in [4.78, 5) is 24.8. The Labute approximate surface area is 112 Å². The quantitative estimate of drug-likeness (QED) is 0.637. The average Bonchev–Trinajstić information content (AvgIpc) is 2.25. The fraction of sp³-hybridized carbons (Fsp3) is 0.400. The molecule has 0 aliphatic heterocycles. The van der Waals surface area contributed by atoms with Gasteiger partial charge in [-0.3, -0.25) is 10.1 Å². The first-order chi connectivity index (χ1) is 8.32. The minimum absolute atomic E-state index is 0.147. The van der Waals surface area contributed by atoms with Crippen LogP contribution in [0.1, 0.15) is 13.8 Å². The minimum atomic E-state index is -1.00. The van der Waals surface area contributed by atoms with Gasteiger partial charge in [0.25, 0.3) is 5.69 Å². The summed E-state index contributed by atoms with van der Waals surface area (Å²) in [7, 11) is 0. The minimum Gasteiger partial charge on any atom is -0.480 e. The third kappa shape index (κ3) is 3.39. The highest BCUT2D eigenvalue weighted by Crippen LogP contribution is 2.25. The number of carboxylic acid groups (broad SMARTS) is 1. The normalized spacial score (nSPS) is 12.2. The number of nitrogens with one attached hydrogen (secondary N) is 1. The lowest BCUT2D eigenvalue weighted by molar-refractivity contribution is -0.385. The molecule has 1 atom stereocenters. The lowest BCUT2D eigenvalue weighted by atomic mass is 10.1. The van der Waals surface area contributed by atoms with Gasteiger partial charge in [-0.1, -0.05) is 13.8 Å². The molecule has 18 heavy (non-hydrogen) atoms. The standard InChI is InChI=1S/C10H12BrN3O4/c1-5(2)8(10(15)16)13-9-7(11)3-6(4-12-9)14(17)18/h3-5,8H,1-2H3,(H,12,13)(H,15,16)/t8-/m1/s1. The van der Waals surface area contributed by atoms with Crippen molar-refractivity contribution < 1.29 is 14.8 Å². The fourth-order valence-electron chi connectivity index (χ4n) is 1.29. The molecule has 0 radical (unpaired) electrons. The molecule has 0 unspecified atom stereocenters. The van der Waals surface area contributed by atoms with Crippen molar-refractivity contribution in [3.8, 4) is 0 Å². The van der Waals surface area contributed by atoms with Crippen molar-refractivity contribution >= 4 is 33.4 Å². The van der Waals surface area contributed by atoms with Crippen LogP contribution < -0.4 is 5.32 Å². The molecular weight excluding hydrogens is 306 g/mol. The number of hydrogen-bond donors (Lipinski definition) is 2. The van der Waals surface area contributed by atoms with Gasteiger partial charge in [-0.25, -0.2) is 9.78 Å². The summed E-state index contributed by atoms with van der Waals surface area (Å²) in [5.74, 6) is -0.884. The molecule has 1 aromatic heterocycles. The number of aromatic nitrogens is 1. The second-order valence-corrected chi connectivity index (χ2v) is 4.84. The predicted octanol–water partition coefficient (Wildman–Crippen LogP) is 2.27. The molecule has 0 aliphatic rings. The Morgan fingerprint density at radius 2 is 2.22 bits per heavy atom. The van der Waals surface area contributed by atoms with Crippen LogP contribution in [0.2, 0.25) is 0 Å². The van der Waals surface area contributed by atoms with Crippen LogP contribution in [0.4, 0.5) is 11.5 Å². The molecule has 0 saturated heterocycles. The lowest BCUT2D eigenvalue weighted by Crippen LogP contribution is -2.34. The van der Waals surface area contributed by atoms with E-state index < -0.39 is 16.9 Å². The van der Waals surface area contributed by atoms with Gasteiger partial charge in [0.1, 0.15) is 18.1 Å². The van der Waals surface area contributed by atoms with Crippen LogP contribution >= 0.6 is 15.9 Å². The van der Waals surface area contributed by atoms with Gasteiger partial charge in [0.15, 0.2) is 0 Å². The first-order valence-electron chi connectivity index (χ1n) is 5.12. The topological polar surface area (TPSA) is 105 Å². The Balaban J connectivity index is 2.97. The zero-order valence-electron chi connectivity index (χ0n) is 9.75. The molecule has 0 fully saturated rings. The highest BCUT2D eigenvalue weighted by molar-refractivity contribution is 9.10. The maximum absolute atomic E-state index is 11.0. The monoisotopic (exact) mass is 317 g/mol. The first kappa shape index (κ1) is 14.4. The summed E-state index contributed by atoms with van der Waals surface area (Å²) in [5.41, 5.74) is -0.163. The number of anilines is 1. The van der Waals surface area contributed by atoms with Gasteiger partial charge in [0.2, 0.25) is 0 Å². The van der Waals surface area contributed by atoms with Crippen molar-refractivity contribution in [3.05, 3.63) is 26.9 Å². The van der Waals surface area contributed by atoms with Gasteiger partial charge in [0, 0.05) is 6.07 Å². The van der Waals surface area contributed by atoms with E-state index in [2.05, 4.69) is 26.2 Å². The lowest BCUT2D eigenvalue weighted by Gasteiger charge is -2.18. The van der Waals surface area contributed by atoms with E-state index in [1.54, 1.807) is 13.8 Å². The summed E-state index contributed by atoms with van der Waals surface area (Å²) in [6, 6.07) is 0.462. The number of pyridine rings is 1. The molecule has 0 saturated carbocycles. The zero-order valence-corrected chi connectivity index (χ0v) is 11.3. The third-order valence-corrected chi connectivity index (χ3v) is 2.87. The molecule has 0 spiro atoms. The fourth-order valence-corrected chi connectivity index (χ4v) is 1.75. The molecule has 0 aromatic carbocycles. The van der Waals surface area contributed by atoms with Gasteiger partial charge < -0.3 is 10.4 Å². The van der Waals surface area contributed by atoms with E-state index in [0.29, 0.717) is 4.47 Å². The summed E-state index contributed by atoms with van der Waals surface area (Å²) in [6.07, 6.45) is 1.08. The summed E-state index contributed by atoms with van der Waals surface area (Å²) in [6.45, 7) is 3.51. The number of carbonyl (C=O) groups is 1. The molecular formula is C10H12BrN3O4. The Morgan fingerprint density at radius 1 is 1.61 bits per heavy atom.